The molecule has 1 aliphatic heterocycles. The van der Waals surface area contributed by atoms with E-state index in [1.807, 2.05) is 0 Å². The molecule has 180 valence electrons. The Kier molecular flexibility index (Phi) is 6.11. The van der Waals surface area contributed by atoms with Crippen LogP contribution in [0.3, 0.4) is 0 Å². The number of nitrogens with zero attached hydrogens (tertiary/aromatic N) is 2. The van der Waals surface area contributed by atoms with Gasteiger partial charge in [-0.25, -0.2) is 17.5 Å². The molecule has 0 aromatic heterocycles. The molecule has 1 fully saturated rings. The normalized spacial score (nSPS) is 17.4. The number of anilines is 1. The van der Waals surface area contributed by atoms with E-state index in [0.717, 1.165) is 5.56 Å². The zero-order valence-electron chi connectivity index (χ0n) is 17.8. The van der Waals surface area contributed by atoms with Crippen LogP contribution < -0.4 is 4.90 Å². The van der Waals surface area contributed by atoms with E-state index in [1.54, 1.807) is 20.0 Å². The molecule has 0 aliphatic carbocycles. The topological polar surface area (TPSA) is 57.7 Å². The van der Waals surface area contributed by atoms with E-state index >= 15 is 0 Å². The van der Waals surface area contributed by atoms with Gasteiger partial charge in [-0.15, -0.1) is 0 Å². The Morgan fingerprint density at radius 1 is 0.848 bits per heavy atom. The number of halogens is 6. The zero-order valence-corrected chi connectivity index (χ0v) is 19.6. The molecule has 2 aromatic carbocycles. The van der Waals surface area contributed by atoms with Crippen LogP contribution in [0.15, 0.2) is 47.4 Å². The van der Waals surface area contributed by atoms with Gasteiger partial charge < -0.3 is 0 Å². The second-order valence-electron chi connectivity index (χ2n) is 8.62. The van der Waals surface area contributed by atoms with Crippen molar-refractivity contribution >= 4 is 29.8 Å². The number of hydrogen-bond acceptors (Lipinski definition) is 3. The van der Waals surface area contributed by atoms with E-state index in [2.05, 4.69) is 0 Å². The van der Waals surface area contributed by atoms with Crippen LogP contribution in [-0.4, -0.2) is 39.2 Å². The van der Waals surface area contributed by atoms with Crippen molar-refractivity contribution in [1.82, 2.24) is 4.31 Å². The quantitative estimate of drug-likeness (QED) is 0.408. The maximum Gasteiger partial charge on any atom is 0.416 e. The van der Waals surface area contributed by atoms with Crippen molar-refractivity contribution < 1.29 is 39.6 Å². The van der Waals surface area contributed by atoms with Crippen LogP contribution in [0, 0.1) is 6.92 Å². The lowest BCUT2D eigenvalue weighted by molar-refractivity contribution is -0.143. The molecule has 0 unspecified atom stereocenters. The number of carbonyl (C=O) groups excluding carboxylic acids is 1. The third-order valence-corrected chi connectivity index (χ3v) is 9.40. The van der Waals surface area contributed by atoms with Gasteiger partial charge >= 0.3 is 18.4 Å². The fourth-order valence-corrected chi connectivity index (χ4v) is 8.41. The average Bonchev–Trinajstić information content (AvgIpc) is 2.68. The van der Waals surface area contributed by atoms with Crippen molar-refractivity contribution in [2.75, 3.05) is 17.2 Å². The SMILES string of the molecule is Cc1ccc(S(=O)(=O)N2C[Si](C)(C)CN(c3cc(C(F)(F)F)cc(C(F)(F)F)c3)C2=O)cc1. The first kappa shape index (κ1) is 25.1. The van der Waals surface area contributed by atoms with Gasteiger partial charge in [-0.1, -0.05) is 30.8 Å². The van der Waals surface area contributed by atoms with Crippen molar-refractivity contribution in [3.05, 3.63) is 59.2 Å². The van der Waals surface area contributed by atoms with Gasteiger partial charge in [0.2, 0.25) is 0 Å². The van der Waals surface area contributed by atoms with E-state index in [0.29, 0.717) is 21.3 Å². The summed E-state index contributed by atoms with van der Waals surface area (Å²) in [5, 5.41) is 0. The number of aryl methyl sites for hydroxylation is 1. The molecule has 0 bridgehead atoms. The van der Waals surface area contributed by atoms with Gasteiger partial charge in [-0.2, -0.15) is 26.3 Å². The summed E-state index contributed by atoms with van der Waals surface area (Å²) in [5.41, 5.74) is -3.07. The van der Waals surface area contributed by atoms with E-state index in [1.165, 1.54) is 24.3 Å². The maximum atomic E-state index is 13.3. The lowest BCUT2D eigenvalue weighted by atomic mass is 10.1. The Morgan fingerprint density at radius 3 is 1.79 bits per heavy atom. The number of hydrogen-bond donors (Lipinski definition) is 0. The number of sulfonamides is 1. The second kappa shape index (κ2) is 8.04. The van der Waals surface area contributed by atoms with Gasteiger partial charge in [0, 0.05) is 18.0 Å². The molecule has 3 rings (SSSR count). The van der Waals surface area contributed by atoms with Gasteiger partial charge in [0.25, 0.3) is 10.0 Å². The summed E-state index contributed by atoms with van der Waals surface area (Å²) in [4.78, 5) is 13.7. The monoisotopic (exact) mass is 510 g/mol. The highest BCUT2D eigenvalue weighted by atomic mass is 32.2. The molecule has 1 saturated heterocycles. The second-order valence-corrected chi connectivity index (χ2v) is 15.4. The fourth-order valence-electron chi connectivity index (χ4n) is 3.46. The number of urea groups is 1. The molecular formula is C20H20F6N2O3SSi. The largest absolute Gasteiger partial charge is 0.416 e. The third-order valence-electron chi connectivity index (χ3n) is 5.10. The van der Waals surface area contributed by atoms with Crippen LogP contribution in [0.1, 0.15) is 16.7 Å². The number of benzene rings is 2. The van der Waals surface area contributed by atoms with Crippen molar-refractivity contribution in [3.8, 4) is 0 Å². The maximum absolute atomic E-state index is 13.3. The predicted molar refractivity (Wildman–Crippen MR) is 112 cm³/mol. The van der Waals surface area contributed by atoms with E-state index in [9.17, 15) is 39.6 Å². The van der Waals surface area contributed by atoms with Crippen molar-refractivity contribution in [3.63, 3.8) is 0 Å². The number of rotatable bonds is 3. The Balaban J connectivity index is 2.14. The van der Waals surface area contributed by atoms with Gasteiger partial charge in [0.15, 0.2) is 0 Å². The first-order valence-corrected chi connectivity index (χ1v) is 14.5. The first-order valence-electron chi connectivity index (χ1n) is 9.62. The molecule has 0 N–H and O–H groups in total. The molecule has 0 radical (unpaired) electrons. The first-order chi connectivity index (χ1) is 14.9. The van der Waals surface area contributed by atoms with Crippen LogP contribution in [0.5, 0.6) is 0 Å². The summed E-state index contributed by atoms with van der Waals surface area (Å²) in [6, 6.07) is 5.23. The lowest BCUT2D eigenvalue weighted by Crippen LogP contribution is -2.64. The average molecular weight is 511 g/mol. The molecule has 1 aliphatic rings. The van der Waals surface area contributed by atoms with Crippen LogP contribution in [0.25, 0.3) is 0 Å². The van der Waals surface area contributed by atoms with Crippen LogP contribution in [0.4, 0.5) is 36.8 Å². The molecule has 1 heterocycles. The predicted octanol–water partition coefficient (Wildman–Crippen LogP) is 5.45. The molecular weight excluding hydrogens is 490 g/mol. The highest BCUT2D eigenvalue weighted by Gasteiger charge is 2.46. The minimum atomic E-state index is -5.10. The molecule has 5 nitrogen and oxygen atoms in total. The van der Waals surface area contributed by atoms with Crippen LogP contribution in [-0.2, 0) is 22.4 Å². The molecule has 0 atom stereocenters. The molecule has 2 aromatic rings. The van der Waals surface area contributed by atoms with E-state index < -0.39 is 53.3 Å². The van der Waals surface area contributed by atoms with E-state index in [-0.39, 0.29) is 23.3 Å². The summed E-state index contributed by atoms with van der Waals surface area (Å²) < 4.78 is 107. The third kappa shape index (κ3) is 5.18. The Labute approximate surface area is 187 Å². The minimum Gasteiger partial charge on any atom is -0.296 e. The molecule has 2 amide bonds. The number of alkyl halides is 6. The Bertz CT molecular complexity index is 1150. The summed E-state index contributed by atoms with van der Waals surface area (Å²) in [6.45, 7) is 5.12. The number of amides is 2. The highest BCUT2D eigenvalue weighted by Crippen LogP contribution is 2.39. The van der Waals surface area contributed by atoms with Gasteiger partial charge in [-0.3, -0.25) is 4.90 Å². The minimum absolute atomic E-state index is 0.0404. The Hall–Kier alpha value is -2.54. The molecule has 0 spiro atoms. The van der Waals surface area contributed by atoms with E-state index in [4.69, 9.17) is 0 Å². The van der Waals surface area contributed by atoms with Crippen molar-refractivity contribution in [2.45, 2.75) is 37.3 Å². The Morgan fingerprint density at radius 2 is 1.33 bits per heavy atom. The van der Waals surface area contributed by atoms with Crippen LogP contribution in [0.2, 0.25) is 13.1 Å². The van der Waals surface area contributed by atoms with Gasteiger partial charge in [0.05, 0.1) is 24.1 Å². The summed E-state index contributed by atoms with van der Waals surface area (Å²) in [6.07, 6.45) is -10.5. The summed E-state index contributed by atoms with van der Waals surface area (Å²) in [5.74, 6) is 0. The highest BCUT2D eigenvalue weighted by molar-refractivity contribution is 7.89. The van der Waals surface area contributed by atoms with Crippen molar-refractivity contribution in [2.24, 2.45) is 0 Å². The fraction of sp³-hybridized carbons (Fsp3) is 0.350. The summed E-state index contributed by atoms with van der Waals surface area (Å²) in [7, 11) is -7.02. The molecule has 0 saturated carbocycles. The lowest BCUT2D eigenvalue weighted by Gasteiger charge is -2.42. The number of carbonyl (C=O) groups is 1. The van der Waals surface area contributed by atoms with Gasteiger partial charge in [0.1, 0.15) is 0 Å². The smallest absolute Gasteiger partial charge is 0.296 e. The van der Waals surface area contributed by atoms with Gasteiger partial charge in [-0.05, 0) is 37.3 Å². The standard InChI is InChI=1S/C20H20F6N2O3SSi/c1-13-4-6-17(7-5-13)32(30,31)28-12-33(2,3)11-27(18(28)29)16-9-14(19(21,22)23)8-15(10-16)20(24,25)26/h4-10H,11-12H2,1-3H3. The van der Waals surface area contributed by atoms with Crippen molar-refractivity contribution in [1.29, 1.82) is 0 Å². The molecule has 13 heteroatoms. The van der Waals surface area contributed by atoms with Crippen LogP contribution >= 0.6 is 0 Å². The summed E-state index contributed by atoms with van der Waals surface area (Å²) >= 11 is 0. The molecule has 33 heavy (non-hydrogen) atoms. The zero-order chi connectivity index (χ0) is 25.0.